The first kappa shape index (κ1) is 19.0. The maximum absolute atomic E-state index is 12.9. The van der Waals surface area contributed by atoms with Crippen LogP contribution in [0.5, 0.6) is 0 Å². The molecule has 26 heavy (non-hydrogen) atoms. The van der Waals surface area contributed by atoms with Crippen molar-refractivity contribution in [1.29, 1.82) is 0 Å². The molecular weight excluding hydrogens is 358 g/mol. The molecule has 3 amide bonds. The summed E-state index contributed by atoms with van der Waals surface area (Å²) in [7, 11) is 0. The lowest BCUT2D eigenvalue weighted by atomic mass is 9.96. The molecule has 0 aromatic carbocycles. The van der Waals surface area contributed by atoms with Gasteiger partial charge >= 0.3 is 5.97 Å². The molecule has 0 aliphatic carbocycles. The third kappa shape index (κ3) is 3.97. The Hall–Kier alpha value is -1.77. The van der Waals surface area contributed by atoms with E-state index in [1.165, 1.54) is 0 Å². The Kier molecular flexibility index (Phi) is 6.05. The van der Waals surface area contributed by atoms with Crippen molar-refractivity contribution in [3.05, 3.63) is 0 Å². The van der Waals surface area contributed by atoms with Gasteiger partial charge in [-0.2, -0.15) is 0 Å². The van der Waals surface area contributed by atoms with E-state index >= 15 is 0 Å². The second-order valence-corrected chi connectivity index (χ2v) is 7.83. The zero-order valence-corrected chi connectivity index (χ0v) is 15.8. The number of esters is 1. The molecule has 0 saturated carbocycles. The number of ether oxygens (including phenoxy) is 1. The number of carbonyl (C=O) groups excluding carboxylic acids is 4. The summed E-state index contributed by atoms with van der Waals surface area (Å²) in [6.07, 6.45) is 2.04. The summed E-state index contributed by atoms with van der Waals surface area (Å²) >= 11 is 1.55. The second-order valence-electron chi connectivity index (χ2n) is 6.83. The van der Waals surface area contributed by atoms with Crippen LogP contribution in [0.1, 0.15) is 32.6 Å². The number of amides is 3. The Morgan fingerprint density at radius 3 is 2.54 bits per heavy atom. The predicted octanol–water partition coefficient (Wildman–Crippen LogP) is -0.0318. The maximum atomic E-state index is 12.9. The van der Waals surface area contributed by atoms with Gasteiger partial charge in [-0.1, -0.05) is 0 Å². The number of piperidine rings is 1. The van der Waals surface area contributed by atoms with E-state index in [4.69, 9.17) is 4.74 Å². The van der Waals surface area contributed by atoms with Gasteiger partial charge in [0, 0.05) is 25.3 Å². The molecule has 3 saturated heterocycles. The molecule has 3 fully saturated rings. The molecule has 3 aliphatic heterocycles. The molecule has 0 radical (unpaired) electrons. The number of nitrogens with one attached hydrogen (secondary N) is 1. The van der Waals surface area contributed by atoms with Crippen LogP contribution in [0, 0.1) is 5.92 Å². The van der Waals surface area contributed by atoms with E-state index in [1.807, 2.05) is 0 Å². The molecule has 1 N–H and O–H groups in total. The second kappa shape index (κ2) is 8.28. The average molecular weight is 383 g/mol. The summed E-state index contributed by atoms with van der Waals surface area (Å²) in [6, 6.07) is -0.991. The highest BCUT2D eigenvalue weighted by Gasteiger charge is 2.42. The molecule has 0 aromatic heterocycles. The third-order valence-electron chi connectivity index (χ3n) is 5.17. The lowest BCUT2D eigenvalue weighted by Gasteiger charge is -2.35. The van der Waals surface area contributed by atoms with E-state index in [0.29, 0.717) is 57.0 Å². The zero-order chi connectivity index (χ0) is 18.7. The van der Waals surface area contributed by atoms with Crippen LogP contribution in [0.4, 0.5) is 0 Å². The lowest BCUT2D eigenvalue weighted by Crippen LogP contribution is -2.54. The van der Waals surface area contributed by atoms with Gasteiger partial charge < -0.3 is 19.9 Å². The molecule has 3 rings (SSSR count). The molecule has 144 valence electrons. The van der Waals surface area contributed by atoms with Crippen molar-refractivity contribution < 1.29 is 23.9 Å². The van der Waals surface area contributed by atoms with Gasteiger partial charge in [-0.05, 0) is 26.2 Å². The molecular formula is C17H25N3O5S. The largest absolute Gasteiger partial charge is 0.466 e. The van der Waals surface area contributed by atoms with Gasteiger partial charge in [0.2, 0.25) is 17.7 Å². The summed E-state index contributed by atoms with van der Waals surface area (Å²) in [6.45, 7) is 3.16. The minimum atomic E-state index is -0.508. The van der Waals surface area contributed by atoms with Crippen LogP contribution < -0.4 is 5.32 Å². The Balaban J connectivity index is 1.56. The summed E-state index contributed by atoms with van der Waals surface area (Å²) in [5.41, 5.74) is 0. The van der Waals surface area contributed by atoms with Crippen LogP contribution in [0.25, 0.3) is 0 Å². The lowest BCUT2D eigenvalue weighted by molar-refractivity contribution is -0.152. The van der Waals surface area contributed by atoms with Crippen molar-refractivity contribution in [3.8, 4) is 0 Å². The van der Waals surface area contributed by atoms with Crippen LogP contribution in [0.3, 0.4) is 0 Å². The van der Waals surface area contributed by atoms with E-state index in [1.54, 1.807) is 28.5 Å². The summed E-state index contributed by atoms with van der Waals surface area (Å²) < 4.78 is 5.06. The molecule has 0 aromatic rings. The van der Waals surface area contributed by atoms with Gasteiger partial charge in [0.15, 0.2) is 0 Å². The number of nitrogens with zero attached hydrogens (tertiary/aromatic N) is 2. The van der Waals surface area contributed by atoms with Crippen LogP contribution in [-0.2, 0) is 23.9 Å². The van der Waals surface area contributed by atoms with Crippen molar-refractivity contribution in [2.45, 2.75) is 44.7 Å². The van der Waals surface area contributed by atoms with Crippen molar-refractivity contribution in [2.24, 2.45) is 5.92 Å². The van der Waals surface area contributed by atoms with E-state index in [9.17, 15) is 19.2 Å². The maximum Gasteiger partial charge on any atom is 0.309 e. The number of thioether (sulfide) groups is 1. The normalized spacial score (nSPS) is 26.7. The first-order chi connectivity index (χ1) is 12.5. The summed E-state index contributed by atoms with van der Waals surface area (Å²) in [4.78, 5) is 52.1. The van der Waals surface area contributed by atoms with E-state index in [-0.39, 0.29) is 29.6 Å². The average Bonchev–Trinajstić information content (AvgIpc) is 3.30. The van der Waals surface area contributed by atoms with Crippen molar-refractivity contribution in [1.82, 2.24) is 15.1 Å². The molecule has 9 heteroatoms. The number of hydrogen-bond acceptors (Lipinski definition) is 6. The molecule has 3 heterocycles. The smallest absolute Gasteiger partial charge is 0.309 e. The Morgan fingerprint density at radius 2 is 1.92 bits per heavy atom. The fourth-order valence-electron chi connectivity index (χ4n) is 3.67. The molecule has 3 aliphatic rings. The predicted molar refractivity (Wildman–Crippen MR) is 95.1 cm³/mol. The van der Waals surface area contributed by atoms with Crippen molar-refractivity contribution in [2.75, 3.05) is 31.3 Å². The minimum absolute atomic E-state index is 0.0602. The monoisotopic (exact) mass is 383 g/mol. The van der Waals surface area contributed by atoms with E-state index < -0.39 is 12.1 Å². The van der Waals surface area contributed by atoms with E-state index in [0.717, 1.165) is 0 Å². The Bertz CT molecular complexity index is 591. The van der Waals surface area contributed by atoms with Crippen LogP contribution >= 0.6 is 11.8 Å². The standard InChI is InChI=1S/C17H25N3O5S/c1-2-25-17(24)11-5-7-19(8-6-11)16(23)13-9-26-10-20(13)15(22)12-3-4-14(21)18-12/h11-13H,2-10H2,1H3,(H,18,21)/t12?,13-/m0/s1. The zero-order valence-electron chi connectivity index (χ0n) is 14.9. The first-order valence-electron chi connectivity index (χ1n) is 9.14. The van der Waals surface area contributed by atoms with E-state index in [2.05, 4.69) is 5.32 Å². The number of rotatable bonds is 4. The highest BCUT2D eigenvalue weighted by atomic mass is 32.2. The van der Waals surface area contributed by atoms with Gasteiger partial charge in [0.05, 0.1) is 18.4 Å². The minimum Gasteiger partial charge on any atom is -0.466 e. The van der Waals surface area contributed by atoms with Gasteiger partial charge in [-0.25, -0.2) is 0 Å². The Labute approximate surface area is 157 Å². The fourth-order valence-corrected chi connectivity index (χ4v) is 4.83. The van der Waals surface area contributed by atoms with Crippen molar-refractivity contribution >= 4 is 35.5 Å². The molecule has 8 nitrogen and oxygen atoms in total. The van der Waals surface area contributed by atoms with Crippen LogP contribution in [-0.4, -0.2) is 76.9 Å². The number of carbonyl (C=O) groups is 4. The van der Waals surface area contributed by atoms with Gasteiger partial charge in [0.25, 0.3) is 0 Å². The fraction of sp³-hybridized carbons (Fsp3) is 0.765. The third-order valence-corrected chi connectivity index (χ3v) is 6.18. The Morgan fingerprint density at radius 1 is 1.19 bits per heavy atom. The number of hydrogen-bond donors (Lipinski definition) is 1. The topological polar surface area (TPSA) is 96.0 Å². The summed E-state index contributed by atoms with van der Waals surface area (Å²) in [5, 5.41) is 2.68. The first-order valence-corrected chi connectivity index (χ1v) is 10.3. The SMILES string of the molecule is CCOC(=O)C1CCN(C(=O)[C@@H]2CSCN2C(=O)C2CCC(=O)N2)CC1. The number of likely N-dealkylation sites (tertiary alicyclic amines) is 1. The highest BCUT2D eigenvalue weighted by Crippen LogP contribution is 2.27. The molecule has 2 atom stereocenters. The van der Waals surface area contributed by atoms with Gasteiger partial charge in [-0.3, -0.25) is 19.2 Å². The van der Waals surface area contributed by atoms with Crippen molar-refractivity contribution in [3.63, 3.8) is 0 Å². The molecule has 1 unspecified atom stereocenters. The van der Waals surface area contributed by atoms with Crippen LogP contribution in [0.15, 0.2) is 0 Å². The van der Waals surface area contributed by atoms with Gasteiger partial charge in [0.1, 0.15) is 12.1 Å². The van der Waals surface area contributed by atoms with Crippen LogP contribution in [0.2, 0.25) is 0 Å². The summed E-state index contributed by atoms with van der Waals surface area (Å²) in [5.74, 6) is 0.368. The quantitative estimate of drug-likeness (QED) is 0.685. The molecule has 0 bridgehead atoms. The highest BCUT2D eigenvalue weighted by molar-refractivity contribution is 7.99. The molecule has 0 spiro atoms. The van der Waals surface area contributed by atoms with Gasteiger partial charge in [-0.15, -0.1) is 11.8 Å².